The molecule has 0 spiro atoms. The summed E-state index contributed by atoms with van der Waals surface area (Å²) >= 11 is 6.39. The number of nitrogens with zero attached hydrogens (tertiary/aromatic N) is 2. The molecule has 2 aliphatic heterocycles. The molecule has 0 radical (unpaired) electrons. The van der Waals surface area contributed by atoms with Crippen LogP contribution in [0.4, 0.5) is 0 Å². The molecule has 2 bridgehead atoms. The summed E-state index contributed by atoms with van der Waals surface area (Å²) in [5, 5.41) is 16.4. The maximum atomic E-state index is 9.55. The Morgan fingerprint density at radius 2 is 1.88 bits per heavy atom. The van der Waals surface area contributed by atoms with Crippen LogP contribution in [0.3, 0.4) is 0 Å². The molecule has 1 aliphatic carbocycles. The van der Waals surface area contributed by atoms with Crippen LogP contribution in [0.5, 0.6) is 0 Å². The van der Waals surface area contributed by atoms with Crippen LogP contribution < -0.4 is 0 Å². The van der Waals surface area contributed by atoms with Crippen LogP contribution in [0, 0.1) is 0 Å². The van der Waals surface area contributed by atoms with Gasteiger partial charge >= 0.3 is 11.9 Å². The number of aryl methyl sites for hydroxylation is 2. The summed E-state index contributed by atoms with van der Waals surface area (Å²) in [6, 6.07) is 11.2. The second kappa shape index (κ2) is 10.3. The molecule has 2 aromatic rings. The summed E-state index contributed by atoms with van der Waals surface area (Å²) in [4.78, 5) is 26.3. The number of rotatable bonds is 4. The molecule has 3 aliphatic rings. The Kier molecular flexibility index (Phi) is 7.36. The number of carboxylic acids is 2. The number of aromatic nitrogens is 1. The number of ether oxygens (including phenoxy) is 1. The molecule has 2 fully saturated rings. The zero-order valence-electron chi connectivity index (χ0n) is 19.1. The van der Waals surface area contributed by atoms with Crippen molar-refractivity contribution in [2.24, 2.45) is 0 Å². The Bertz CT molecular complexity index is 1080. The first-order valence-corrected chi connectivity index (χ1v) is 11.9. The van der Waals surface area contributed by atoms with Gasteiger partial charge in [0.25, 0.3) is 0 Å². The van der Waals surface area contributed by atoms with E-state index in [0.29, 0.717) is 18.2 Å². The number of fused-ring (bicyclic) bond motifs is 4. The van der Waals surface area contributed by atoms with E-state index in [1.54, 1.807) is 0 Å². The molecule has 0 amide bonds. The topological polar surface area (TPSA) is 100.0 Å². The molecule has 3 atom stereocenters. The first-order chi connectivity index (χ1) is 16.3. The lowest BCUT2D eigenvalue weighted by molar-refractivity contribution is -0.176. The molecular formula is C26H29ClN2O5. The van der Waals surface area contributed by atoms with Crippen LogP contribution in [0.2, 0.25) is 5.02 Å². The van der Waals surface area contributed by atoms with Gasteiger partial charge in [-0.3, -0.25) is 9.88 Å². The van der Waals surface area contributed by atoms with Crippen molar-refractivity contribution in [3.8, 4) is 0 Å². The molecule has 5 rings (SSSR count). The quantitative estimate of drug-likeness (QED) is 0.610. The Hall–Kier alpha value is -2.74. The van der Waals surface area contributed by atoms with E-state index in [1.165, 1.54) is 36.0 Å². The normalized spacial score (nSPS) is 25.6. The first-order valence-electron chi connectivity index (χ1n) is 11.6. The minimum atomic E-state index is -1.26. The Morgan fingerprint density at radius 3 is 2.62 bits per heavy atom. The van der Waals surface area contributed by atoms with Crippen molar-refractivity contribution >= 4 is 23.5 Å². The van der Waals surface area contributed by atoms with Crippen LogP contribution in [0.25, 0.3) is 0 Å². The second-order valence-corrected chi connectivity index (χ2v) is 9.47. The number of hydrogen-bond acceptors (Lipinski definition) is 5. The van der Waals surface area contributed by atoms with Crippen LogP contribution in [-0.2, 0) is 27.2 Å². The Labute approximate surface area is 204 Å². The fourth-order valence-electron chi connectivity index (χ4n) is 5.39. The molecule has 34 heavy (non-hydrogen) atoms. The van der Waals surface area contributed by atoms with Crippen LogP contribution in [0.1, 0.15) is 60.6 Å². The molecule has 180 valence electrons. The van der Waals surface area contributed by atoms with E-state index in [-0.39, 0.29) is 11.8 Å². The van der Waals surface area contributed by atoms with E-state index >= 15 is 0 Å². The van der Waals surface area contributed by atoms with E-state index in [1.807, 2.05) is 18.3 Å². The van der Waals surface area contributed by atoms with Gasteiger partial charge in [0.2, 0.25) is 0 Å². The minimum Gasteiger partial charge on any atom is -0.478 e. The summed E-state index contributed by atoms with van der Waals surface area (Å²) in [7, 11) is 2.25. The highest BCUT2D eigenvalue weighted by Crippen LogP contribution is 2.48. The van der Waals surface area contributed by atoms with Gasteiger partial charge in [0.05, 0.1) is 0 Å². The number of halogens is 1. The SMILES string of the molecule is CN1C2CCCC1(OC1c3cc(Cl)ccc3CCc3ncccc31)CC2.O=C(O)/C=C/C(=O)O. The van der Waals surface area contributed by atoms with Crippen molar-refractivity contribution in [3.63, 3.8) is 0 Å². The van der Waals surface area contributed by atoms with E-state index in [9.17, 15) is 9.59 Å². The third kappa shape index (κ3) is 5.17. The molecule has 3 heterocycles. The summed E-state index contributed by atoms with van der Waals surface area (Å²) in [6.07, 6.45) is 10.9. The van der Waals surface area contributed by atoms with Crippen molar-refractivity contribution < 1.29 is 24.5 Å². The summed E-state index contributed by atoms with van der Waals surface area (Å²) < 4.78 is 7.04. The van der Waals surface area contributed by atoms with Crippen molar-refractivity contribution in [1.82, 2.24) is 9.88 Å². The molecule has 2 saturated heterocycles. The van der Waals surface area contributed by atoms with Crippen LogP contribution in [-0.4, -0.2) is 50.9 Å². The molecular weight excluding hydrogens is 456 g/mol. The fourth-order valence-corrected chi connectivity index (χ4v) is 5.57. The lowest BCUT2D eigenvalue weighted by Gasteiger charge is -2.44. The van der Waals surface area contributed by atoms with E-state index in [4.69, 9.17) is 26.6 Å². The van der Waals surface area contributed by atoms with E-state index in [2.05, 4.69) is 35.1 Å². The number of hydrogen-bond donors (Lipinski definition) is 2. The maximum Gasteiger partial charge on any atom is 0.328 e. The van der Waals surface area contributed by atoms with Gasteiger partial charge in [-0.1, -0.05) is 23.7 Å². The number of piperidine rings is 1. The minimum absolute atomic E-state index is 0.0887. The van der Waals surface area contributed by atoms with E-state index < -0.39 is 11.9 Å². The number of carboxylic acid groups (broad SMARTS) is 2. The number of carbonyl (C=O) groups is 2. The largest absolute Gasteiger partial charge is 0.478 e. The summed E-state index contributed by atoms with van der Waals surface area (Å²) in [5.74, 6) is -2.51. The third-order valence-electron chi connectivity index (χ3n) is 7.10. The lowest BCUT2D eigenvalue weighted by Crippen LogP contribution is -2.50. The van der Waals surface area contributed by atoms with Crippen LogP contribution in [0.15, 0.2) is 48.7 Å². The van der Waals surface area contributed by atoms with Gasteiger partial charge in [0.15, 0.2) is 0 Å². The average molecular weight is 485 g/mol. The monoisotopic (exact) mass is 484 g/mol. The molecule has 2 N–H and O–H groups in total. The lowest BCUT2D eigenvalue weighted by atomic mass is 9.95. The molecule has 0 saturated carbocycles. The van der Waals surface area contributed by atoms with Gasteiger partial charge in [-0.15, -0.1) is 0 Å². The van der Waals surface area contributed by atoms with Crippen molar-refractivity contribution in [1.29, 1.82) is 0 Å². The van der Waals surface area contributed by atoms with Gasteiger partial charge in [-0.25, -0.2) is 9.59 Å². The second-order valence-electron chi connectivity index (χ2n) is 9.03. The van der Waals surface area contributed by atoms with Gasteiger partial charge in [0.1, 0.15) is 11.8 Å². The summed E-state index contributed by atoms with van der Waals surface area (Å²) in [6.45, 7) is 0. The maximum absolute atomic E-state index is 9.55. The first kappa shape index (κ1) is 24.4. The van der Waals surface area contributed by atoms with Gasteiger partial charge < -0.3 is 14.9 Å². The predicted molar refractivity (Wildman–Crippen MR) is 128 cm³/mol. The Morgan fingerprint density at radius 1 is 1.12 bits per heavy atom. The predicted octanol–water partition coefficient (Wildman–Crippen LogP) is 4.63. The van der Waals surface area contributed by atoms with Crippen molar-refractivity contribution in [3.05, 3.63) is 76.1 Å². The van der Waals surface area contributed by atoms with Crippen molar-refractivity contribution in [2.75, 3.05) is 7.05 Å². The standard InChI is InChI=1S/C22H25ClN2O.C4H4O4/c1-25-17-4-2-11-22(25,12-10-17)26-21-18-5-3-13-24-20(18)9-7-15-6-8-16(23)14-19(15)21;5-3(6)1-2-4(7)8/h3,5-6,8,13-14,17,21H,2,4,7,9-12H2,1H3;1-2H,(H,5,6)(H,7,8)/b;2-1+. The zero-order valence-corrected chi connectivity index (χ0v) is 19.9. The fraction of sp³-hybridized carbons (Fsp3) is 0.423. The van der Waals surface area contributed by atoms with E-state index in [0.717, 1.165) is 36.4 Å². The highest BCUT2D eigenvalue weighted by molar-refractivity contribution is 6.30. The average Bonchev–Trinajstić information content (AvgIpc) is 2.96. The van der Waals surface area contributed by atoms with Gasteiger partial charge in [-0.2, -0.15) is 0 Å². The molecule has 1 aromatic carbocycles. The zero-order chi connectivity index (χ0) is 24.3. The van der Waals surface area contributed by atoms with Crippen molar-refractivity contribution in [2.45, 2.75) is 62.8 Å². The molecule has 1 aromatic heterocycles. The number of aliphatic carboxylic acids is 2. The third-order valence-corrected chi connectivity index (χ3v) is 7.33. The van der Waals surface area contributed by atoms with Crippen LogP contribution >= 0.6 is 11.6 Å². The van der Waals surface area contributed by atoms with Gasteiger partial charge in [-0.05, 0) is 81.3 Å². The highest BCUT2D eigenvalue weighted by atomic mass is 35.5. The molecule has 3 unspecified atom stereocenters. The molecule has 8 heteroatoms. The Balaban J connectivity index is 0.000000297. The summed E-state index contributed by atoms with van der Waals surface area (Å²) in [5.41, 5.74) is 4.78. The number of pyridine rings is 1. The van der Waals surface area contributed by atoms with Gasteiger partial charge in [0, 0.05) is 40.7 Å². The molecule has 7 nitrogen and oxygen atoms in total. The highest BCUT2D eigenvalue weighted by Gasteiger charge is 2.49. The number of benzene rings is 1. The smallest absolute Gasteiger partial charge is 0.328 e.